The van der Waals surface area contributed by atoms with E-state index >= 15 is 0 Å². The van der Waals surface area contributed by atoms with Crippen LogP contribution in [-0.4, -0.2) is 31.2 Å². The predicted molar refractivity (Wildman–Crippen MR) is 69.7 cm³/mol. The molecule has 0 unspecified atom stereocenters. The first-order chi connectivity index (χ1) is 8.38. The predicted octanol–water partition coefficient (Wildman–Crippen LogP) is 2.08. The molecule has 2 heteroatoms. The van der Waals surface area contributed by atoms with Crippen LogP contribution in [0.1, 0.15) is 17.5 Å². The van der Waals surface area contributed by atoms with E-state index in [1.165, 1.54) is 11.1 Å². The average Bonchev–Trinajstić information content (AvgIpc) is 2.39. The number of hydrogen-bond acceptors (Lipinski definition) is 2. The smallest absolute Gasteiger partial charge is 0.0594 e. The Kier molecular flexibility index (Phi) is 4.61. The van der Waals surface area contributed by atoms with Crippen LogP contribution < -0.4 is 0 Å². The number of ether oxygens (including phenoxy) is 1. The molecule has 0 atom stereocenters. The normalized spacial score (nSPS) is 16.6. The summed E-state index contributed by atoms with van der Waals surface area (Å²) >= 11 is 0. The van der Waals surface area contributed by atoms with Gasteiger partial charge in [-0.15, -0.1) is 12.3 Å². The Morgan fingerprint density at radius 2 is 1.76 bits per heavy atom. The van der Waals surface area contributed by atoms with E-state index in [0.29, 0.717) is 0 Å². The average molecular weight is 229 g/mol. The minimum Gasteiger partial charge on any atom is -0.379 e. The van der Waals surface area contributed by atoms with Gasteiger partial charge in [0.15, 0.2) is 0 Å². The first-order valence-corrected chi connectivity index (χ1v) is 6.20. The van der Waals surface area contributed by atoms with Gasteiger partial charge >= 0.3 is 0 Å². The molecule has 2 nitrogen and oxygen atoms in total. The highest BCUT2D eigenvalue weighted by molar-refractivity contribution is 5.23. The molecular formula is C15H19NO. The van der Waals surface area contributed by atoms with E-state index in [2.05, 4.69) is 35.1 Å². The van der Waals surface area contributed by atoms with Crippen molar-refractivity contribution in [1.82, 2.24) is 4.90 Å². The molecule has 1 saturated heterocycles. The molecule has 17 heavy (non-hydrogen) atoms. The third kappa shape index (κ3) is 3.89. The molecule has 1 aliphatic rings. The lowest BCUT2D eigenvalue weighted by Crippen LogP contribution is -2.35. The number of nitrogens with zero attached hydrogens (tertiary/aromatic N) is 1. The summed E-state index contributed by atoms with van der Waals surface area (Å²) in [5.74, 6) is 2.67. The van der Waals surface area contributed by atoms with Crippen LogP contribution >= 0.6 is 0 Å². The van der Waals surface area contributed by atoms with E-state index in [4.69, 9.17) is 11.2 Å². The summed E-state index contributed by atoms with van der Waals surface area (Å²) in [6.07, 6.45) is 7.06. The molecule has 1 aliphatic heterocycles. The molecule has 0 aliphatic carbocycles. The van der Waals surface area contributed by atoms with Crippen molar-refractivity contribution in [3.05, 3.63) is 35.4 Å². The number of morpholine rings is 1. The second-order valence-corrected chi connectivity index (χ2v) is 4.41. The van der Waals surface area contributed by atoms with Crippen molar-refractivity contribution >= 4 is 0 Å². The molecule has 0 amide bonds. The van der Waals surface area contributed by atoms with Gasteiger partial charge in [-0.25, -0.2) is 0 Å². The minimum absolute atomic E-state index is 0.822. The van der Waals surface area contributed by atoms with Crippen LogP contribution in [0.5, 0.6) is 0 Å². The summed E-state index contributed by atoms with van der Waals surface area (Å²) in [4.78, 5) is 2.43. The van der Waals surface area contributed by atoms with Gasteiger partial charge in [0.1, 0.15) is 0 Å². The standard InChI is InChI=1S/C15H19NO/c1-2-3-4-14-5-7-15(8-6-14)13-16-9-11-17-12-10-16/h1,5-8H,3-4,9-13H2. The molecule has 1 fully saturated rings. The lowest BCUT2D eigenvalue weighted by molar-refractivity contribution is 0.0342. The highest BCUT2D eigenvalue weighted by atomic mass is 16.5. The zero-order chi connectivity index (χ0) is 11.9. The fourth-order valence-corrected chi connectivity index (χ4v) is 2.05. The Bertz CT molecular complexity index is 371. The highest BCUT2D eigenvalue weighted by Crippen LogP contribution is 2.10. The van der Waals surface area contributed by atoms with Gasteiger partial charge in [0.2, 0.25) is 0 Å². The van der Waals surface area contributed by atoms with Gasteiger partial charge in [-0.05, 0) is 17.5 Å². The molecule has 90 valence electrons. The monoisotopic (exact) mass is 229 g/mol. The van der Waals surface area contributed by atoms with Crippen molar-refractivity contribution < 1.29 is 4.74 Å². The fraction of sp³-hybridized carbons (Fsp3) is 0.467. The maximum Gasteiger partial charge on any atom is 0.0594 e. The van der Waals surface area contributed by atoms with Gasteiger partial charge in [0.25, 0.3) is 0 Å². The van der Waals surface area contributed by atoms with Crippen molar-refractivity contribution in [3.8, 4) is 12.3 Å². The van der Waals surface area contributed by atoms with Gasteiger partial charge in [-0.2, -0.15) is 0 Å². The number of rotatable bonds is 4. The maximum atomic E-state index is 5.34. The number of hydrogen-bond donors (Lipinski definition) is 0. The van der Waals surface area contributed by atoms with Crippen LogP contribution in [0.4, 0.5) is 0 Å². The summed E-state index contributed by atoms with van der Waals surface area (Å²) in [5, 5.41) is 0. The van der Waals surface area contributed by atoms with Crippen LogP contribution in [-0.2, 0) is 17.7 Å². The molecule has 0 bridgehead atoms. The third-order valence-corrected chi connectivity index (χ3v) is 3.09. The summed E-state index contributed by atoms with van der Waals surface area (Å²) in [6, 6.07) is 8.79. The number of aryl methyl sites for hydroxylation is 1. The molecule has 0 aromatic heterocycles. The molecule has 0 N–H and O–H groups in total. The fourth-order valence-electron chi connectivity index (χ4n) is 2.05. The lowest BCUT2D eigenvalue weighted by Gasteiger charge is -2.26. The Labute approximate surface area is 104 Å². The van der Waals surface area contributed by atoms with Gasteiger partial charge in [0, 0.05) is 26.1 Å². The largest absolute Gasteiger partial charge is 0.379 e. The highest BCUT2D eigenvalue weighted by Gasteiger charge is 2.10. The molecular weight excluding hydrogens is 210 g/mol. The lowest BCUT2D eigenvalue weighted by atomic mass is 10.1. The van der Waals surface area contributed by atoms with Crippen LogP contribution in [0.3, 0.4) is 0 Å². The van der Waals surface area contributed by atoms with Crippen molar-refractivity contribution in [2.24, 2.45) is 0 Å². The van der Waals surface area contributed by atoms with E-state index in [1.54, 1.807) is 0 Å². The molecule has 0 radical (unpaired) electrons. The van der Waals surface area contributed by atoms with E-state index in [-0.39, 0.29) is 0 Å². The zero-order valence-electron chi connectivity index (χ0n) is 10.2. The first kappa shape index (κ1) is 12.2. The Morgan fingerprint density at radius 1 is 1.12 bits per heavy atom. The Hall–Kier alpha value is -1.30. The first-order valence-electron chi connectivity index (χ1n) is 6.20. The molecule has 1 aromatic rings. The topological polar surface area (TPSA) is 12.5 Å². The van der Waals surface area contributed by atoms with Gasteiger partial charge in [-0.1, -0.05) is 24.3 Å². The van der Waals surface area contributed by atoms with Crippen LogP contribution in [0.25, 0.3) is 0 Å². The van der Waals surface area contributed by atoms with E-state index < -0.39 is 0 Å². The number of benzene rings is 1. The van der Waals surface area contributed by atoms with Crippen LogP contribution in [0.2, 0.25) is 0 Å². The quantitative estimate of drug-likeness (QED) is 0.733. The summed E-state index contributed by atoms with van der Waals surface area (Å²) in [6.45, 7) is 4.83. The molecule has 0 spiro atoms. The zero-order valence-corrected chi connectivity index (χ0v) is 10.2. The summed E-state index contributed by atoms with van der Waals surface area (Å²) < 4.78 is 5.34. The summed E-state index contributed by atoms with van der Waals surface area (Å²) in [7, 11) is 0. The van der Waals surface area contributed by atoms with Crippen molar-refractivity contribution in [2.45, 2.75) is 19.4 Å². The molecule has 2 rings (SSSR count). The van der Waals surface area contributed by atoms with E-state index in [0.717, 1.165) is 45.7 Å². The summed E-state index contributed by atoms with van der Waals surface area (Å²) in [5.41, 5.74) is 2.70. The van der Waals surface area contributed by atoms with Crippen LogP contribution in [0, 0.1) is 12.3 Å². The second kappa shape index (κ2) is 6.44. The third-order valence-electron chi connectivity index (χ3n) is 3.09. The van der Waals surface area contributed by atoms with Crippen molar-refractivity contribution in [3.63, 3.8) is 0 Å². The van der Waals surface area contributed by atoms with Gasteiger partial charge in [-0.3, -0.25) is 4.90 Å². The number of terminal acetylenes is 1. The van der Waals surface area contributed by atoms with E-state index in [1.807, 2.05) is 0 Å². The molecule has 1 heterocycles. The van der Waals surface area contributed by atoms with Gasteiger partial charge in [0.05, 0.1) is 13.2 Å². The minimum atomic E-state index is 0.822. The second-order valence-electron chi connectivity index (χ2n) is 4.41. The molecule has 0 saturated carbocycles. The SMILES string of the molecule is C#CCCc1ccc(CN2CCOCC2)cc1. The molecule has 1 aromatic carbocycles. The van der Waals surface area contributed by atoms with Gasteiger partial charge < -0.3 is 4.74 Å². The maximum absolute atomic E-state index is 5.34. The van der Waals surface area contributed by atoms with Crippen LogP contribution in [0.15, 0.2) is 24.3 Å². The Morgan fingerprint density at radius 3 is 2.41 bits per heavy atom. The van der Waals surface area contributed by atoms with E-state index in [9.17, 15) is 0 Å². The Balaban J connectivity index is 1.86. The van der Waals surface area contributed by atoms with Crippen molar-refractivity contribution in [2.75, 3.05) is 26.3 Å². The van der Waals surface area contributed by atoms with Crippen molar-refractivity contribution in [1.29, 1.82) is 0 Å².